The molecule has 1 aromatic heterocycles. The number of nitrogens with one attached hydrogen (secondary N) is 1. The smallest absolute Gasteiger partial charge is 0.274 e. The van der Waals surface area contributed by atoms with Gasteiger partial charge in [-0.1, -0.05) is 12.1 Å². The molecule has 1 N–H and O–H groups in total. The minimum Gasteiger partial charge on any atom is -0.378 e. The molecule has 8 heteroatoms. The Bertz CT molecular complexity index is 784. The molecule has 0 bridgehead atoms. The molecule has 0 spiro atoms. The van der Waals surface area contributed by atoms with Gasteiger partial charge in [-0.15, -0.1) is 0 Å². The minimum absolute atomic E-state index is 0.148. The van der Waals surface area contributed by atoms with Crippen molar-refractivity contribution in [1.29, 1.82) is 0 Å². The molecule has 1 aliphatic heterocycles. The average Bonchev–Trinajstić information content (AvgIpc) is 3.04. The molecular formula is C17H19BrN4O3. The molecule has 1 aliphatic rings. The summed E-state index contributed by atoms with van der Waals surface area (Å²) in [6.07, 6.45) is 1.52. The fourth-order valence-electron chi connectivity index (χ4n) is 2.69. The largest absolute Gasteiger partial charge is 0.378 e. The number of ether oxygens (including phenoxy) is 1. The van der Waals surface area contributed by atoms with E-state index >= 15 is 0 Å². The zero-order chi connectivity index (χ0) is 17.8. The van der Waals surface area contributed by atoms with Gasteiger partial charge >= 0.3 is 0 Å². The van der Waals surface area contributed by atoms with Crippen molar-refractivity contribution in [1.82, 2.24) is 14.7 Å². The van der Waals surface area contributed by atoms with Crippen molar-refractivity contribution < 1.29 is 14.3 Å². The molecule has 1 aromatic carbocycles. The van der Waals surface area contributed by atoms with Gasteiger partial charge in [-0.25, -0.2) is 0 Å². The van der Waals surface area contributed by atoms with Gasteiger partial charge in [0.2, 0.25) is 0 Å². The third-order valence-corrected chi connectivity index (χ3v) is 4.70. The Labute approximate surface area is 154 Å². The highest BCUT2D eigenvalue weighted by Crippen LogP contribution is 2.22. The van der Waals surface area contributed by atoms with Crippen LogP contribution in [0.5, 0.6) is 0 Å². The number of carbonyl (C=O) groups is 2. The van der Waals surface area contributed by atoms with Crippen LogP contribution in [0.4, 0.5) is 5.69 Å². The minimum atomic E-state index is -0.292. The Hall–Kier alpha value is -2.19. The SMILES string of the molecule is CCn1ncc(NC(=O)c2ccccc2Br)c1C(=O)N1CCOCC1. The summed E-state index contributed by atoms with van der Waals surface area (Å²) in [5.74, 6) is -0.441. The predicted octanol–water partition coefficient (Wildman–Crippen LogP) is 2.39. The molecule has 25 heavy (non-hydrogen) atoms. The van der Waals surface area contributed by atoms with E-state index in [4.69, 9.17) is 4.74 Å². The number of carbonyl (C=O) groups excluding carboxylic acids is 2. The van der Waals surface area contributed by atoms with E-state index in [1.165, 1.54) is 6.20 Å². The summed E-state index contributed by atoms with van der Waals surface area (Å²) in [5, 5.41) is 7.04. The van der Waals surface area contributed by atoms with Gasteiger partial charge < -0.3 is 15.0 Å². The lowest BCUT2D eigenvalue weighted by atomic mass is 10.2. The second-order valence-electron chi connectivity index (χ2n) is 5.56. The van der Waals surface area contributed by atoms with E-state index in [0.29, 0.717) is 54.3 Å². The summed E-state index contributed by atoms with van der Waals surface area (Å²) in [7, 11) is 0. The molecular weight excluding hydrogens is 388 g/mol. The molecule has 0 aliphatic carbocycles. The molecule has 132 valence electrons. The second-order valence-corrected chi connectivity index (χ2v) is 6.42. The first-order valence-electron chi connectivity index (χ1n) is 8.10. The lowest BCUT2D eigenvalue weighted by Gasteiger charge is -2.27. The fourth-order valence-corrected chi connectivity index (χ4v) is 3.16. The quantitative estimate of drug-likeness (QED) is 0.845. The summed E-state index contributed by atoms with van der Waals surface area (Å²) in [6.45, 7) is 4.55. The normalized spacial score (nSPS) is 14.4. The Morgan fingerprint density at radius 2 is 2.00 bits per heavy atom. The number of amides is 2. The number of aryl methyl sites for hydroxylation is 1. The van der Waals surface area contributed by atoms with E-state index in [9.17, 15) is 9.59 Å². The van der Waals surface area contributed by atoms with Gasteiger partial charge in [-0.2, -0.15) is 5.10 Å². The number of nitrogens with zero attached hydrogens (tertiary/aromatic N) is 3. The highest BCUT2D eigenvalue weighted by molar-refractivity contribution is 9.10. The Morgan fingerprint density at radius 3 is 2.68 bits per heavy atom. The van der Waals surface area contributed by atoms with Gasteiger partial charge in [0.05, 0.1) is 30.7 Å². The summed E-state index contributed by atoms with van der Waals surface area (Å²) >= 11 is 3.37. The Kier molecular flexibility index (Phi) is 5.50. The van der Waals surface area contributed by atoms with Crippen molar-refractivity contribution in [2.75, 3.05) is 31.6 Å². The van der Waals surface area contributed by atoms with Crippen LogP contribution in [-0.4, -0.2) is 52.8 Å². The first kappa shape index (κ1) is 17.6. The number of anilines is 1. The number of aromatic nitrogens is 2. The van der Waals surface area contributed by atoms with Crippen molar-refractivity contribution >= 4 is 33.4 Å². The average molecular weight is 407 g/mol. The molecule has 1 fully saturated rings. The van der Waals surface area contributed by atoms with E-state index in [-0.39, 0.29) is 11.8 Å². The van der Waals surface area contributed by atoms with Gasteiger partial charge in [0.1, 0.15) is 5.69 Å². The van der Waals surface area contributed by atoms with E-state index in [1.54, 1.807) is 27.8 Å². The monoisotopic (exact) mass is 406 g/mol. The summed E-state index contributed by atoms with van der Waals surface area (Å²) in [5.41, 5.74) is 1.31. The number of hydrogen-bond donors (Lipinski definition) is 1. The van der Waals surface area contributed by atoms with Gasteiger partial charge in [0.25, 0.3) is 11.8 Å². The fraction of sp³-hybridized carbons (Fsp3) is 0.353. The summed E-state index contributed by atoms with van der Waals surface area (Å²) in [4.78, 5) is 27.2. The van der Waals surface area contributed by atoms with Crippen molar-refractivity contribution in [3.63, 3.8) is 0 Å². The van der Waals surface area contributed by atoms with Crippen LogP contribution in [0.15, 0.2) is 34.9 Å². The first-order chi connectivity index (χ1) is 12.1. The van der Waals surface area contributed by atoms with Crippen LogP contribution >= 0.6 is 15.9 Å². The van der Waals surface area contributed by atoms with E-state index in [1.807, 2.05) is 13.0 Å². The maximum atomic E-state index is 12.9. The van der Waals surface area contributed by atoms with Crippen LogP contribution in [0.2, 0.25) is 0 Å². The van der Waals surface area contributed by atoms with Crippen LogP contribution in [0, 0.1) is 0 Å². The molecule has 2 aromatic rings. The van der Waals surface area contributed by atoms with Crippen molar-refractivity contribution in [3.05, 3.63) is 46.2 Å². The topological polar surface area (TPSA) is 76.5 Å². The van der Waals surface area contributed by atoms with E-state index < -0.39 is 0 Å². The maximum Gasteiger partial charge on any atom is 0.274 e. The van der Waals surface area contributed by atoms with Crippen molar-refractivity contribution in [2.24, 2.45) is 0 Å². The molecule has 0 saturated carbocycles. The van der Waals surface area contributed by atoms with Crippen LogP contribution in [0.1, 0.15) is 27.8 Å². The molecule has 2 amide bonds. The van der Waals surface area contributed by atoms with Crippen LogP contribution < -0.4 is 5.32 Å². The lowest BCUT2D eigenvalue weighted by molar-refractivity contribution is 0.0295. The number of morpholine rings is 1. The van der Waals surface area contributed by atoms with Crippen LogP contribution in [0.3, 0.4) is 0 Å². The predicted molar refractivity (Wildman–Crippen MR) is 96.7 cm³/mol. The Morgan fingerprint density at radius 1 is 1.28 bits per heavy atom. The molecule has 7 nitrogen and oxygen atoms in total. The van der Waals surface area contributed by atoms with Gasteiger partial charge in [0, 0.05) is 24.1 Å². The highest BCUT2D eigenvalue weighted by Gasteiger charge is 2.26. The van der Waals surface area contributed by atoms with Gasteiger partial charge in [-0.3, -0.25) is 14.3 Å². The van der Waals surface area contributed by atoms with Gasteiger partial charge in [0.15, 0.2) is 0 Å². The van der Waals surface area contributed by atoms with Crippen molar-refractivity contribution in [2.45, 2.75) is 13.5 Å². The summed E-state index contributed by atoms with van der Waals surface area (Å²) < 4.78 is 7.59. The lowest BCUT2D eigenvalue weighted by Crippen LogP contribution is -2.41. The molecule has 1 saturated heterocycles. The molecule has 0 unspecified atom stereocenters. The molecule has 2 heterocycles. The molecule has 0 atom stereocenters. The number of hydrogen-bond acceptors (Lipinski definition) is 4. The molecule has 3 rings (SSSR count). The third-order valence-electron chi connectivity index (χ3n) is 4.01. The number of halogens is 1. The van der Waals surface area contributed by atoms with Gasteiger partial charge in [-0.05, 0) is 35.0 Å². The van der Waals surface area contributed by atoms with Crippen LogP contribution in [0.25, 0.3) is 0 Å². The van der Waals surface area contributed by atoms with Crippen molar-refractivity contribution in [3.8, 4) is 0 Å². The highest BCUT2D eigenvalue weighted by atomic mass is 79.9. The third kappa shape index (κ3) is 3.74. The zero-order valence-corrected chi connectivity index (χ0v) is 15.5. The van der Waals surface area contributed by atoms with E-state index in [0.717, 1.165) is 0 Å². The Balaban J connectivity index is 1.87. The zero-order valence-electron chi connectivity index (χ0n) is 13.9. The van der Waals surface area contributed by atoms with Crippen LogP contribution in [-0.2, 0) is 11.3 Å². The summed E-state index contributed by atoms with van der Waals surface area (Å²) in [6, 6.07) is 7.13. The maximum absolute atomic E-state index is 12.9. The number of benzene rings is 1. The first-order valence-corrected chi connectivity index (χ1v) is 8.89. The molecule has 0 radical (unpaired) electrons. The standard InChI is InChI=1S/C17H19BrN4O3/c1-2-22-15(17(24)21-7-9-25-10-8-21)14(11-19-22)20-16(23)12-5-3-4-6-13(12)18/h3-6,11H,2,7-10H2,1H3,(H,20,23). The second kappa shape index (κ2) is 7.79. The number of rotatable bonds is 4. The van der Waals surface area contributed by atoms with E-state index in [2.05, 4.69) is 26.3 Å².